The minimum Gasteiger partial charge on any atom is -0.494 e. The molecule has 1 aromatic carbocycles. The highest BCUT2D eigenvalue weighted by molar-refractivity contribution is 5.93. The zero-order chi connectivity index (χ0) is 27.2. The summed E-state index contributed by atoms with van der Waals surface area (Å²) < 4.78 is 11.3. The lowest BCUT2D eigenvalue weighted by Gasteiger charge is -2.33. The van der Waals surface area contributed by atoms with Gasteiger partial charge >= 0.3 is 0 Å². The second-order valence-corrected chi connectivity index (χ2v) is 11.1. The number of aryl methyl sites for hydroxylation is 1. The predicted octanol–water partition coefficient (Wildman–Crippen LogP) is 3.83. The van der Waals surface area contributed by atoms with E-state index < -0.39 is 0 Å². The average molecular weight is 539 g/mol. The Morgan fingerprint density at radius 2 is 2.08 bits per heavy atom. The number of likely N-dealkylation sites (tertiary alicyclic amines) is 1. The smallest absolute Gasteiger partial charge is 0.242 e. The summed E-state index contributed by atoms with van der Waals surface area (Å²) >= 11 is 0. The highest BCUT2D eigenvalue weighted by atomic mass is 16.5. The Kier molecular flexibility index (Phi) is 6.48. The van der Waals surface area contributed by atoms with Crippen molar-refractivity contribution in [1.29, 1.82) is 0 Å². The standard InChI is InChI=1S/C31H34N6O3/c1-36-13-14-40-18-26(36)31(38)37-12-11-21(17-37)24-10-9-20(16-32-24)28-30-25(34-35-28)15-27(39-2)29(33-30)23-8-4-6-19-5-3-7-22(19)23/h4,6,8-10,15-16,21,26H,3,5,7,11-14,17-18H2,1-2H3,(H,34,35). The molecular formula is C31H34N6O3. The molecule has 2 saturated heterocycles. The number of morpholine rings is 1. The molecule has 3 aromatic heterocycles. The van der Waals surface area contributed by atoms with Crippen molar-refractivity contribution in [3.63, 3.8) is 0 Å². The Labute approximate surface area is 233 Å². The Hall–Kier alpha value is -3.82. The van der Waals surface area contributed by atoms with Crippen molar-refractivity contribution in [2.45, 2.75) is 37.6 Å². The second-order valence-electron chi connectivity index (χ2n) is 11.1. The third-order valence-electron chi connectivity index (χ3n) is 8.78. The molecule has 2 fully saturated rings. The van der Waals surface area contributed by atoms with Crippen LogP contribution in [0.1, 0.15) is 35.6 Å². The van der Waals surface area contributed by atoms with Crippen LogP contribution in [0.3, 0.4) is 0 Å². The molecule has 40 heavy (non-hydrogen) atoms. The van der Waals surface area contributed by atoms with E-state index in [9.17, 15) is 4.79 Å². The van der Waals surface area contributed by atoms with Gasteiger partial charge < -0.3 is 14.4 Å². The number of pyridine rings is 2. The molecule has 4 aromatic rings. The number of carbonyl (C=O) groups is 1. The summed E-state index contributed by atoms with van der Waals surface area (Å²) in [6, 6.07) is 12.4. The molecule has 0 radical (unpaired) electrons. The third-order valence-corrected chi connectivity index (χ3v) is 8.78. The molecule has 5 heterocycles. The van der Waals surface area contributed by atoms with Gasteiger partial charge in [0.1, 0.15) is 28.7 Å². The van der Waals surface area contributed by atoms with E-state index >= 15 is 0 Å². The van der Waals surface area contributed by atoms with Gasteiger partial charge in [0, 0.05) is 54.6 Å². The lowest BCUT2D eigenvalue weighted by Crippen LogP contribution is -2.52. The monoisotopic (exact) mass is 538 g/mol. The maximum Gasteiger partial charge on any atom is 0.242 e. The highest BCUT2D eigenvalue weighted by Gasteiger charge is 2.35. The molecule has 1 aliphatic carbocycles. The minimum atomic E-state index is -0.191. The van der Waals surface area contributed by atoms with Gasteiger partial charge in [0.05, 0.1) is 25.8 Å². The zero-order valence-corrected chi connectivity index (χ0v) is 23.0. The van der Waals surface area contributed by atoms with Crippen LogP contribution in [0.2, 0.25) is 0 Å². The second kappa shape index (κ2) is 10.3. The van der Waals surface area contributed by atoms with Crippen LogP contribution >= 0.6 is 0 Å². The van der Waals surface area contributed by atoms with Crippen molar-refractivity contribution in [3.8, 4) is 28.3 Å². The molecule has 0 spiro atoms. The number of rotatable bonds is 5. The van der Waals surface area contributed by atoms with E-state index in [-0.39, 0.29) is 17.9 Å². The summed E-state index contributed by atoms with van der Waals surface area (Å²) in [7, 11) is 3.69. The number of aromatic nitrogens is 4. The van der Waals surface area contributed by atoms with E-state index in [1.165, 1.54) is 17.5 Å². The fourth-order valence-electron chi connectivity index (χ4n) is 6.47. The number of nitrogens with one attached hydrogen (secondary N) is 1. The van der Waals surface area contributed by atoms with Crippen molar-refractivity contribution in [2.24, 2.45) is 0 Å². The number of benzene rings is 1. The molecule has 206 valence electrons. The van der Waals surface area contributed by atoms with Crippen molar-refractivity contribution >= 4 is 16.9 Å². The number of hydrogen-bond donors (Lipinski definition) is 1. The number of hydrogen-bond acceptors (Lipinski definition) is 7. The van der Waals surface area contributed by atoms with Gasteiger partial charge in [0.2, 0.25) is 5.91 Å². The van der Waals surface area contributed by atoms with Crippen LogP contribution in [0, 0.1) is 0 Å². The number of nitrogens with zero attached hydrogens (tertiary/aromatic N) is 5. The Balaban J connectivity index is 1.14. The van der Waals surface area contributed by atoms with Crippen LogP contribution < -0.4 is 4.74 Å². The summed E-state index contributed by atoms with van der Waals surface area (Å²) in [5.41, 5.74) is 9.08. The third kappa shape index (κ3) is 4.33. The number of fused-ring (bicyclic) bond motifs is 2. The number of aromatic amines is 1. The van der Waals surface area contributed by atoms with E-state index in [1.807, 2.05) is 24.2 Å². The number of methoxy groups -OCH3 is 1. The maximum absolute atomic E-state index is 13.1. The molecule has 3 aliphatic rings. The van der Waals surface area contributed by atoms with Gasteiger partial charge in [-0.25, -0.2) is 4.98 Å². The summed E-state index contributed by atoms with van der Waals surface area (Å²) in [5.74, 6) is 1.12. The number of likely N-dealkylation sites (N-methyl/N-ethyl adjacent to an activating group) is 1. The van der Waals surface area contributed by atoms with E-state index in [0.717, 1.165) is 77.3 Å². The largest absolute Gasteiger partial charge is 0.494 e. The molecule has 0 saturated carbocycles. The van der Waals surface area contributed by atoms with Gasteiger partial charge in [-0.2, -0.15) is 5.10 Å². The molecule has 2 atom stereocenters. The van der Waals surface area contributed by atoms with Gasteiger partial charge in [-0.15, -0.1) is 0 Å². The Morgan fingerprint density at radius 3 is 2.90 bits per heavy atom. The topological polar surface area (TPSA) is 96.5 Å². The van der Waals surface area contributed by atoms with Crippen LogP contribution in [0.15, 0.2) is 42.6 Å². The van der Waals surface area contributed by atoms with Crippen LogP contribution in [0.4, 0.5) is 0 Å². The fraction of sp³-hybridized carbons (Fsp3) is 0.419. The molecule has 0 bridgehead atoms. The number of carbonyl (C=O) groups excluding carboxylic acids is 1. The van der Waals surface area contributed by atoms with Crippen molar-refractivity contribution < 1.29 is 14.3 Å². The van der Waals surface area contributed by atoms with E-state index in [2.05, 4.69) is 45.4 Å². The first-order chi connectivity index (χ1) is 19.6. The van der Waals surface area contributed by atoms with Crippen molar-refractivity contribution in [1.82, 2.24) is 30.0 Å². The quantitative estimate of drug-likeness (QED) is 0.413. The van der Waals surface area contributed by atoms with Crippen molar-refractivity contribution in [3.05, 3.63) is 59.4 Å². The van der Waals surface area contributed by atoms with Gasteiger partial charge in [-0.3, -0.25) is 19.8 Å². The zero-order valence-electron chi connectivity index (χ0n) is 23.0. The fourth-order valence-corrected chi connectivity index (χ4v) is 6.47. The molecule has 1 amide bonds. The molecule has 2 unspecified atom stereocenters. The number of H-pyrrole nitrogens is 1. The van der Waals surface area contributed by atoms with Gasteiger partial charge in [0.15, 0.2) is 0 Å². The lowest BCUT2D eigenvalue weighted by molar-refractivity contribution is -0.141. The number of amides is 1. The molecule has 9 nitrogen and oxygen atoms in total. The Morgan fingerprint density at radius 1 is 1.15 bits per heavy atom. The van der Waals surface area contributed by atoms with Crippen LogP contribution in [0.25, 0.3) is 33.5 Å². The van der Waals surface area contributed by atoms with E-state index in [1.54, 1.807) is 7.11 Å². The van der Waals surface area contributed by atoms with Crippen LogP contribution in [0.5, 0.6) is 5.75 Å². The van der Waals surface area contributed by atoms with Crippen molar-refractivity contribution in [2.75, 3.05) is 47.0 Å². The van der Waals surface area contributed by atoms with Gasteiger partial charge in [-0.05, 0) is 56.0 Å². The van der Waals surface area contributed by atoms with Crippen LogP contribution in [-0.2, 0) is 22.4 Å². The first kappa shape index (κ1) is 25.2. The minimum absolute atomic E-state index is 0.158. The summed E-state index contributed by atoms with van der Waals surface area (Å²) in [6.45, 7) is 3.37. The Bertz CT molecular complexity index is 1570. The molecule has 2 aliphatic heterocycles. The normalized spacial score (nSPS) is 21.2. The summed E-state index contributed by atoms with van der Waals surface area (Å²) in [6.07, 6.45) is 6.14. The predicted molar refractivity (Wildman–Crippen MR) is 152 cm³/mol. The summed E-state index contributed by atoms with van der Waals surface area (Å²) in [4.78, 5) is 27.1. The maximum atomic E-state index is 13.1. The molecule has 1 N–H and O–H groups in total. The SMILES string of the molecule is COc1cc2[nH]nc(-c3ccc(C4CCN(C(=O)C5COCCN5C)C4)nc3)c2nc1-c1cccc2c1CCC2. The molecule has 7 rings (SSSR count). The first-order valence-electron chi connectivity index (χ1n) is 14.2. The van der Waals surface area contributed by atoms with E-state index in [0.29, 0.717) is 19.8 Å². The average Bonchev–Trinajstić information content (AvgIpc) is 3.76. The molecule has 9 heteroatoms. The number of ether oxygens (including phenoxy) is 2. The summed E-state index contributed by atoms with van der Waals surface area (Å²) in [5, 5.41) is 7.75. The lowest BCUT2D eigenvalue weighted by atomic mass is 9.99. The molecular weight excluding hydrogens is 504 g/mol. The van der Waals surface area contributed by atoms with Gasteiger partial charge in [0.25, 0.3) is 0 Å². The van der Waals surface area contributed by atoms with Crippen LogP contribution in [-0.4, -0.2) is 88.9 Å². The first-order valence-corrected chi connectivity index (χ1v) is 14.2. The van der Waals surface area contributed by atoms with Gasteiger partial charge in [-0.1, -0.05) is 18.2 Å². The van der Waals surface area contributed by atoms with E-state index in [4.69, 9.17) is 19.4 Å². The highest BCUT2D eigenvalue weighted by Crippen LogP contribution is 2.39.